The highest BCUT2D eigenvalue weighted by molar-refractivity contribution is 8.00. The van der Waals surface area contributed by atoms with Crippen molar-refractivity contribution in [3.05, 3.63) is 11.3 Å². The zero-order valence-electron chi connectivity index (χ0n) is 21.6. The number of oxime groups is 1. The number of β-lactam (4-membered cyclic amide) rings is 1. The summed E-state index contributed by atoms with van der Waals surface area (Å²) in [7, 11) is -1.51. The van der Waals surface area contributed by atoms with Crippen LogP contribution in [0.5, 0.6) is 0 Å². The molecule has 0 radical (unpaired) electrons. The summed E-state index contributed by atoms with van der Waals surface area (Å²) in [6.45, 7) is 3.21. The summed E-state index contributed by atoms with van der Waals surface area (Å²) >= 11 is 1.21. The standard InChI is InChI=1S/C21H29N3O12S2/c1-21(2,3)20(29)35-10-34-19(28)15-11(7-32-4)9-37-18-14(17(27)24(15)18)22-16(26)13(23-33-5)12(25)8-36-38(6,30)31/h14,18H,7-10H2,1-6H3,(H,22,26)/t14?,18-/m1/s1. The maximum absolute atomic E-state index is 13.0. The van der Waals surface area contributed by atoms with Crippen LogP contribution in [0.15, 0.2) is 16.4 Å². The van der Waals surface area contributed by atoms with E-state index in [-0.39, 0.29) is 18.1 Å². The molecule has 0 spiro atoms. The number of nitrogens with one attached hydrogen (secondary N) is 1. The summed E-state index contributed by atoms with van der Waals surface area (Å²) in [6, 6.07) is -1.16. The average Bonchev–Trinajstić information content (AvgIpc) is 2.82. The van der Waals surface area contributed by atoms with Crippen molar-refractivity contribution in [1.29, 1.82) is 0 Å². The van der Waals surface area contributed by atoms with Crippen molar-refractivity contribution in [2.75, 3.05) is 46.2 Å². The van der Waals surface area contributed by atoms with Gasteiger partial charge in [0, 0.05) is 12.9 Å². The van der Waals surface area contributed by atoms with Gasteiger partial charge >= 0.3 is 11.9 Å². The van der Waals surface area contributed by atoms with Crippen LogP contribution in [0.3, 0.4) is 0 Å². The Kier molecular flexibility index (Phi) is 10.4. The molecule has 0 aromatic carbocycles. The Balaban J connectivity index is 2.15. The van der Waals surface area contributed by atoms with E-state index in [1.54, 1.807) is 20.8 Å². The van der Waals surface area contributed by atoms with Crippen LogP contribution < -0.4 is 5.32 Å². The molecule has 0 bridgehead atoms. The van der Waals surface area contributed by atoms with E-state index in [0.29, 0.717) is 5.57 Å². The van der Waals surface area contributed by atoms with E-state index in [9.17, 15) is 32.4 Å². The first-order valence-corrected chi connectivity index (χ1v) is 13.8. The summed E-state index contributed by atoms with van der Waals surface area (Å²) in [5.41, 5.74) is -1.31. The van der Waals surface area contributed by atoms with Crippen LogP contribution in [0, 0.1) is 5.41 Å². The van der Waals surface area contributed by atoms with Crippen LogP contribution in [0.4, 0.5) is 0 Å². The molecule has 0 aromatic heterocycles. The molecule has 0 aliphatic carbocycles. The van der Waals surface area contributed by atoms with Crippen LogP contribution in [0.25, 0.3) is 0 Å². The van der Waals surface area contributed by atoms with Gasteiger partial charge in [-0.05, 0) is 26.3 Å². The van der Waals surface area contributed by atoms with Crippen LogP contribution in [-0.2, 0) is 57.3 Å². The number of ketones is 1. The van der Waals surface area contributed by atoms with Crippen molar-refractivity contribution in [1.82, 2.24) is 10.2 Å². The van der Waals surface area contributed by atoms with Crippen LogP contribution in [-0.4, -0.2) is 106 Å². The number of ether oxygens (including phenoxy) is 3. The lowest BCUT2D eigenvalue weighted by Crippen LogP contribution is -2.71. The Morgan fingerprint density at radius 2 is 1.82 bits per heavy atom. The number of carbonyl (C=O) groups excluding carboxylic acids is 5. The molecule has 0 saturated carbocycles. The summed E-state index contributed by atoms with van der Waals surface area (Å²) < 4.78 is 41.8. The first-order valence-electron chi connectivity index (χ1n) is 10.9. The van der Waals surface area contributed by atoms with E-state index in [0.717, 1.165) is 18.3 Å². The van der Waals surface area contributed by atoms with E-state index in [4.69, 9.17) is 14.2 Å². The maximum atomic E-state index is 13.0. The Bertz CT molecular complexity index is 1160. The lowest BCUT2D eigenvalue weighted by molar-refractivity contribution is -0.173. The van der Waals surface area contributed by atoms with Crippen molar-refractivity contribution in [3.8, 4) is 0 Å². The summed E-state index contributed by atoms with van der Waals surface area (Å²) in [5, 5.41) is 4.91. The number of methoxy groups -OCH3 is 1. The van der Waals surface area contributed by atoms with Gasteiger partial charge in [0.05, 0.1) is 18.3 Å². The van der Waals surface area contributed by atoms with Crippen molar-refractivity contribution < 1.29 is 55.6 Å². The van der Waals surface area contributed by atoms with Crippen molar-refractivity contribution >= 4 is 57.1 Å². The van der Waals surface area contributed by atoms with E-state index >= 15 is 0 Å². The average molecular weight is 580 g/mol. The first-order chi connectivity index (χ1) is 17.6. The van der Waals surface area contributed by atoms with Gasteiger partial charge in [0.15, 0.2) is 0 Å². The SMILES string of the molecule is COCC1=C(C(=O)OCOC(=O)C(C)(C)C)N2C(=O)C(NC(=O)C(=NOC)C(=O)COS(C)(=O)=O)[C@H]2SC1. The first kappa shape index (κ1) is 31.2. The fraction of sp³-hybridized carbons (Fsp3) is 0.619. The van der Waals surface area contributed by atoms with Gasteiger partial charge in [0.2, 0.25) is 18.3 Å². The number of thioether (sulfide) groups is 1. The highest BCUT2D eigenvalue weighted by Crippen LogP contribution is 2.40. The normalized spacial score (nSPS) is 19.8. The zero-order valence-corrected chi connectivity index (χ0v) is 23.2. The molecule has 1 fully saturated rings. The van der Waals surface area contributed by atoms with E-state index in [1.807, 2.05) is 0 Å². The molecule has 1 saturated heterocycles. The Morgan fingerprint density at radius 3 is 2.37 bits per heavy atom. The van der Waals surface area contributed by atoms with Gasteiger partial charge in [-0.25, -0.2) is 4.79 Å². The summed E-state index contributed by atoms with van der Waals surface area (Å²) in [5.74, 6) is -4.21. The highest BCUT2D eigenvalue weighted by Gasteiger charge is 2.55. The fourth-order valence-electron chi connectivity index (χ4n) is 3.13. The molecule has 2 atom stereocenters. The van der Waals surface area contributed by atoms with E-state index in [2.05, 4.69) is 19.5 Å². The van der Waals surface area contributed by atoms with Crippen LogP contribution >= 0.6 is 11.8 Å². The molecule has 2 rings (SSSR count). The number of amides is 2. The predicted octanol–water partition coefficient (Wildman–Crippen LogP) is -1.08. The number of Topliss-reactive ketones (excluding diaryl/α,β-unsaturated/α-hetero) is 1. The summed E-state index contributed by atoms with van der Waals surface area (Å²) in [6.07, 6.45) is 0.720. The molecule has 0 aromatic rings. The molecule has 15 nitrogen and oxygen atoms in total. The number of nitrogens with zero attached hydrogens (tertiary/aromatic N) is 2. The number of carbonyl (C=O) groups is 5. The van der Waals surface area contributed by atoms with E-state index in [1.165, 1.54) is 18.9 Å². The van der Waals surface area contributed by atoms with E-state index < -0.39 is 75.6 Å². The molecule has 2 aliphatic heterocycles. The lowest BCUT2D eigenvalue weighted by Gasteiger charge is -2.49. The van der Waals surface area contributed by atoms with Gasteiger partial charge in [-0.2, -0.15) is 8.42 Å². The zero-order chi connectivity index (χ0) is 28.8. The molecule has 2 amide bonds. The molecular weight excluding hydrogens is 550 g/mol. The third kappa shape index (κ3) is 7.75. The fourth-order valence-corrected chi connectivity index (χ4v) is 4.78. The molecule has 1 unspecified atom stereocenters. The minimum atomic E-state index is -3.98. The van der Waals surface area contributed by atoms with Gasteiger partial charge in [-0.1, -0.05) is 5.16 Å². The second-order valence-electron chi connectivity index (χ2n) is 8.99. The predicted molar refractivity (Wildman–Crippen MR) is 131 cm³/mol. The third-order valence-electron chi connectivity index (χ3n) is 4.90. The second kappa shape index (κ2) is 12.7. The molecular formula is C21H29N3O12S2. The molecule has 17 heteroatoms. The number of hydrogen-bond donors (Lipinski definition) is 1. The van der Waals surface area contributed by atoms with Gasteiger partial charge < -0.3 is 24.4 Å². The minimum Gasteiger partial charge on any atom is -0.427 e. The topological polar surface area (TPSA) is 193 Å². The number of fused-ring (bicyclic) bond motifs is 1. The summed E-state index contributed by atoms with van der Waals surface area (Å²) in [4.78, 5) is 68.3. The lowest BCUT2D eigenvalue weighted by atomic mass is 9.98. The smallest absolute Gasteiger partial charge is 0.358 e. The molecule has 38 heavy (non-hydrogen) atoms. The highest BCUT2D eigenvalue weighted by atomic mass is 32.2. The Labute approximate surface area is 223 Å². The van der Waals surface area contributed by atoms with Gasteiger partial charge in [-0.3, -0.25) is 28.3 Å². The third-order valence-corrected chi connectivity index (χ3v) is 6.79. The Hall–Kier alpha value is -3.02. The number of rotatable bonds is 12. The van der Waals surface area contributed by atoms with Gasteiger partial charge in [-0.15, -0.1) is 11.8 Å². The van der Waals surface area contributed by atoms with Gasteiger partial charge in [0.1, 0.15) is 30.8 Å². The number of esters is 2. The quantitative estimate of drug-likeness (QED) is 0.0559. The molecule has 2 heterocycles. The van der Waals surface area contributed by atoms with Crippen LogP contribution in [0.1, 0.15) is 20.8 Å². The largest absolute Gasteiger partial charge is 0.427 e. The molecule has 212 valence electrons. The van der Waals surface area contributed by atoms with Crippen molar-refractivity contribution in [2.24, 2.45) is 10.6 Å². The monoisotopic (exact) mass is 579 g/mol. The van der Waals surface area contributed by atoms with Crippen molar-refractivity contribution in [2.45, 2.75) is 32.2 Å². The Morgan fingerprint density at radius 1 is 1.16 bits per heavy atom. The number of hydrogen-bond acceptors (Lipinski definition) is 14. The van der Waals surface area contributed by atoms with Crippen LogP contribution in [0.2, 0.25) is 0 Å². The van der Waals surface area contributed by atoms with Crippen molar-refractivity contribution in [3.63, 3.8) is 0 Å². The molecule has 1 N–H and O–H groups in total. The minimum absolute atomic E-state index is 0.00617. The molecule has 2 aliphatic rings. The maximum Gasteiger partial charge on any atom is 0.358 e. The second-order valence-corrected chi connectivity index (χ2v) is 11.7. The van der Waals surface area contributed by atoms with Gasteiger partial charge in [0.25, 0.3) is 21.9 Å².